The van der Waals surface area contributed by atoms with E-state index in [1.54, 1.807) is 12.5 Å². The Hall–Kier alpha value is -2.14. The maximum atomic E-state index is 12.2. The summed E-state index contributed by atoms with van der Waals surface area (Å²) in [6.45, 7) is 2.03. The molecule has 0 radical (unpaired) electrons. The van der Waals surface area contributed by atoms with Crippen molar-refractivity contribution in [3.8, 4) is 5.69 Å². The van der Waals surface area contributed by atoms with Crippen LogP contribution in [0.5, 0.6) is 0 Å². The van der Waals surface area contributed by atoms with Crippen LogP contribution in [0.1, 0.15) is 19.3 Å². The minimum absolute atomic E-state index is 0.0921. The molecule has 1 aromatic heterocycles. The third kappa shape index (κ3) is 3.49. The highest BCUT2D eigenvalue weighted by Gasteiger charge is 2.17. The van der Waals surface area contributed by atoms with Crippen molar-refractivity contribution in [1.82, 2.24) is 14.9 Å². The molecule has 2 N–H and O–H groups in total. The van der Waals surface area contributed by atoms with Gasteiger partial charge in [-0.1, -0.05) is 12.1 Å². The van der Waals surface area contributed by atoms with Gasteiger partial charge in [0, 0.05) is 18.8 Å². The number of imidazole rings is 1. The van der Waals surface area contributed by atoms with E-state index in [1.165, 1.54) is 0 Å². The second-order valence-corrected chi connectivity index (χ2v) is 5.43. The molecule has 0 spiro atoms. The van der Waals surface area contributed by atoms with Gasteiger partial charge in [-0.15, -0.1) is 0 Å². The lowest BCUT2D eigenvalue weighted by Crippen LogP contribution is -2.30. The van der Waals surface area contributed by atoms with E-state index in [9.17, 15) is 4.79 Å². The number of rotatable bonds is 4. The molecular weight excluding hydrogens is 264 g/mol. The van der Waals surface area contributed by atoms with E-state index in [-0.39, 0.29) is 5.91 Å². The van der Waals surface area contributed by atoms with Crippen LogP contribution in [0, 0.1) is 5.92 Å². The normalized spacial score (nSPS) is 15.8. The van der Waals surface area contributed by atoms with Gasteiger partial charge < -0.3 is 15.2 Å². The van der Waals surface area contributed by atoms with Crippen molar-refractivity contribution in [2.75, 3.05) is 18.4 Å². The van der Waals surface area contributed by atoms with Gasteiger partial charge in [0.15, 0.2) is 0 Å². The van der Waals surface area contributed by atoms with E-state index < -0.39 is 0 Å². The van der Waals surface area contributed by atoms with E-state index in [0.29, 0.717) is 12.3 Å². The Bertz CT molecular complexity index is 588. The number of carbonyl (C=O) groups is 1. The van der Waals surface area contributed by atoms with Gasteiger partial charge in [0.2, 0.25) is 5.91 Å². The van der Waals surface area contributed by atoms with Crippen LogP contribution in [-0.2, 0) is 4.79 Å². The number of piperidine rings is 1. The fourth-order valence-electron chi connectivity index (χ4n) is 2.76. The monoisotopic (exact) mass is 284 g/mol. The molecule has 1 aliphatic rings. The maximum absolute atomic E-state index is 12.2. The lowest BCUT2D eigenvalue weighted by Gasteiger charge is -2.22. The fourth-order valence-corrected chi connectivity index (χ4v) is 2.76. The average Bonchev–Trinajstić information content (AvgIpc) is 3.03. The zero-order valence-corrected chi connectivity index (χ0v) is 12.0. The molecular formula is C16H20N4O. The standard InChI is InChI=1S/C16H20N4O/c21-16(11-13-5-7-17-8-6-13)19-14-3-1-2-4-15(14)20-10-9-18-12-20/h1-4,9-10,12-13,17H,5-8,11H2,(H,19,21). The van der Waals surface area contributed by atoms with E-state index in [0.717, 1.165) is 37.3 Å². The summed E-state index contributed by atoms with van der Waals surface area (Å²) < 4.78 is 1.90. The average molecular weight is 284 g/mol. The molecule has 5 nitrogen and oxygen atoms in total. The molecule has 2 heterocycles. The molecule has 1 fully saturated rings. The smallest absolute Gasteiger partial charge is 0.224 e. The molecule has 0 saturated carbocycles. The van der Waals surface area contributed by atoms with Crippen LogP contribution in [-0.4, -0.2) is 28.5 Å². The van der Waals surface area contributed by atoms with Crippen molar-refractivity contribution >= 4 is 11.6 Å². The highest BCUT2D eigenvalue weighted by atomic mass is 16.1. The van der Waals surface area contributed by atoms with Crippen molar-refractivity contribution in [2.24, 2.45) is 5.92 Å². The first-order valence-electron chi connectivity index (χ1n) is 7.41. The Morgan fingerprint density at radius 1 is 1.33 bits per heavy atom. The maximum Gasteiger partial charge on any atom is 0.224 e. The Kier molecular flexibility index (Phi) is 4.31. The summed E-state index contributed by atoms with van der Waals surface area (Å²) >= 11 is 0. The number of aromatic nitrogens is 2. The second kappa shape index (κ2) is 6.54. The predicted octanol–water partition coefficient (Wildman–Crippen LogP) is 2.20. The van der Waals surface area contributed by atoms with Crippen LogP contribution in [0.3, 0.4) is 0 Å². The van der Waals surface area contributed by atoms with Crippen LogP contribution in [0.2, 0.25) is 0 Å². The molecule has 0 atom stereocenters. The first-order chi connectivity index (χ1) is 10.3. The minimum Gasteiger partial charge on any atom is -0.324 e. The third-order valence-electron chi connectivity index (χ3n) is 3.89. The summed E-state index contributed by atoms with van der Waals surface area (Å²) in [4.78, 5) is 16.3. The van der Waals surface area contributed by atoms with Gasteiger partial charge in [0.1, 0.15) is 0 Å². The lowest BCUT2D eigenvalue weighted by atomic mass is 9.94. The molecule has 0 aliphatic carbocycles. The predicted molar refractivity (Wildman–Crippen MR) is 82.4 cm³/mol. The molecule has 5 heteroatoms. The Labute approximate surface area is 124 Å². The van der Waals surface area contributed by atoms with Crippen LogP contribution in [0.4, 0.5) is 5.69 Å². The number of amides is 1. The fraction of sp³-hybridized carbons (Fsp3) is 0.375. The molecule has 21 heavy (non-hydrogen) atoms. The van der Waals surface area contributed by atoms with Crippen LogP contribution in [0.15, 0.2) is 43.0 Å². The minimum atomic E-state index is 0.0921. The summed E-state index contributed by atoms with van der Waals surface area (Å²) in [5.74, 6) is 0.584. The zero-order valence-electron chi connectivity index (χ0n) is 12.0. The first-order valence-corrected chi connectivity index (χ1v) is 7.41. The van der Waals surface area contributed by atoms with E-state index in [1.807, 2.05) is 35.0 Å². The number of nitrogens with one attached hydrogen (secondary N) is 2. The molecule has 1 amide bonds. The van der Waals surface area contributed by atoms with Crippen LogP contribution < -0.4 is 10.6 Å². The Morgan fingerprint density at radius 3 is 2.90 bits per heavy atom. The van der Waals surface area contributed by atoms with E-state index in [4.69, 9.17) is 0 Å². The molecule has 1 saturated heterocycles. The molecule has 2 aromatic rings. The first kappa shape index (κ1) is 13.8. The highest BCUT2D eigenvalue weighted by Crippen LogP contribution is 2.21. The molecule has 1 aromatic carbocycles. The highest BCUT2D eigenvalue weighted by molar-refractivity contribution is 5.93. The molecule has 1 aliphatic heterocycles. The Balaban J connectivity index is 1.68. The van der Waals surface area contributed by atoms with Gasteiger partial charge in [-0.05, 0) is 44.0 Å². The summed E-state index contributed by atoms with van der Waals surface area (Å²) in [7, 11) is 0. The van der Waals surface area contributed by atoms with Crippen LogP contribution >= 0.6 is 0 Å². The van der Waals surface area contributed by atoms with Crippen molar-refractivity contribution in [2.45, 2.75) is 19.3 Å². The molecule has 110 valence electrons. The van der Waals surface area contributed by atoms with Crippen molar-refractivity contribution < 1.29 is 4.79 Å². The number of carbonyl (C=O) groups excluding carboxylic acids is 1. The van der Waals surface area contributed by atoms with E-state index in [2.05, 4.69) is 15.6 Å². The molecule has 3 rings (SSSR count). The topological polar surface area (TPSA) is 59.0 Å². The number of anilines is 1. The number of hydrogen-bond acceptors (Lipinski definition) is 3. The van der Waals surface area contributed by atoms with Crippen molar-refractivity contribution in [3.05, 3.63) is 43.0 Å². The second-order valence-electron chi connectivity index (χ2n) is 5.43. The summed E-state index contributed by atoms with van der Waals surface area (Å²) in [6.07, 6.45) is 8.09. The third-order valence-corrected chi connectivity index (χ3v) is 3.89. The van der Waals surface area contributed by atoms with Gasteiger partial charge in [0.05, 0.1) is 17.7 Å². The summed E-state index contributed by atoms with van der Waals surface area (Å²) in [5.41, 5.74) is 1.77. The summed E-state index contributed by atoms with van der Waals surface area (Å²) in [5, 5.41) is 6.36. The molecule has 0 bridgehead atoms. The van der Waals surface area contributed by atoms with Gasteiger partial charge in [-0.25, -0.2) is 4.98 Å². The number of hydrogen-bond donors (Lipinski definition) is 2. The van der Waals surface area contributed by atoms with Crippen molar-refractivity contribution in [1.29, 1.82) is 0 Å². The van der Waals surface area contributed by atoms with Gasteiger partial charge in [0.25, 0.3) is 0 Å². The van der Waals surface area contributed by atoms with Crippen molar-refractivity contribution in [3.63, 3.8) is 0 Å². The van der Waals surface area contributed by atoms with Gasteiger partial charge in [-0.3, -0.25) is 4.79 Å². The van der Waals surface area contributed by atoms with E-state index >= 15 is 0 Å². The number of benzene rings is 1. The van der Waals surface area contributed by atoms with Gasteiger partial charge >= 0.3 is 0 Å². The lowest BCUT2D eigenvalue weighted by molar-refractivity contribution is -0.117. The zero-order chi connectivity index (χ0) is 14.5. The Morgan fingerprint density at radius 2 is 2.14 bits per heavy atom. The van der Waals surface area contributed by atoms with Crippen LogP contribution in [0.25, 0.3) is 5.69 Å². The van der Waals surface area contributed by atoms with Gasteiger partial charge in [-0.2, -0.15) is 0 Å². The summed E-state index contributed by atoms with van der Waals surface area (Å²) in [6, 6.07) is 7.79. The number of para-hydroxylation sites is 2. The SMILES string of the molecule is O=C(CC1CCNCC1)Nc1ccccc1-n1ccnc1. The largest absolute Gasteiger partial charge is 0.324 e. The number of nitrogens with zero attached hydrogens (tertiary/aromatic N) is 2. The molecule has 0 unspecified atom stereocenters. The quantitative estimate of drug-likeness (QED) is 0.905.